The second kappa shape index (κ2) is 4.13. The SMILES string of the molecule is Cc1ccc(C)c(C(F)(C(F)(F)F)C(F)(F)F)c1. The number of aryl methyl sites for hydroxylation is 2. The van der Waals surface area contributed by atoms with E-state index in [2.05, 4.69) is 0 Å². The van der Waals surface area contributed by atoms with Crippen molar-refractivity contribution >= 4 is 0 Å². The van der Waals surface area contributed by atoms with Crippen molar-refractivity contribution < 1.29 is 30.7 Å². The van der Waals surface area contributed by atoms with Gasteiger partial charge in [0.05, 0.1) is 0 Å². The van der Waals surface area contributed by atoms with E-state index < -0.39 is 29.1 Å². The first-order chi connectivity index (χ1) is 7.91. The molecule has 0 aliphatic heterocycles. The largest absolute Gasteiger partial charge is 0.435 e. The van der Waals surface area contributed by atoms with Gasteiger partial charge in [-0.1, -0.05) is 23.8 Å². The minimum Gasteiger partial charge on any atom is -0.218 e. The monoisotopic (exact) mass is 274 g/mol. The van der Waals surface area contributed by atoms with E-state index in [1.807, 2.05) is 0 Å². The number of benzene rings is 1. The van der Waals surface area contributed by atoms with Gasteiger partial charge in [0, 0.05) is 5.56 Å². The van der Waals surface area contributed by atoms with Crippen molar-refractivity contribution in [1.82, 2.24) is 0 Å². The van der Waals surface area contributed by atoms with Gasteiger partial charge in [-0.05, 0) is 19.4 Å². The highest BCUT2D eigenvalue weighted by molar-refractivity contribution is 5.37. The first kappa shape index (κ1) is 14.8. The molecule has 0 heterocycles. The molecular formula is C11H9F7. The summed E-state index contributed by atoms with van der Waals surface area (Å²) in [7, 11) is 0. The van der Waals surface area contributed by atoms with Crippen LogP contribution in [-0.4, -0.2) is 12.4 Å². The van der Waals surface area contributed by atoms with Crippen molar-refractivity contribution in [2.24, 2.45) is 0 Å². The van der Waals surface area contributed by atoms with E-state index in [9.17, 15) is 30.7 Å². The lowest BCUT2D eigenvalue weighted by Crippen LogP contribution is -2.50. The van der Waals surface area contributed by atoms with Crippen LogP contribution < -0.4 is 0 Å². The molecule has 0 radical (unpaired) electrons. The molecule has 7 heteroatoms. The molecule has 1 rings (SSSR count). The Morgan fingerprint density at radius 1 is 0.778 bits per heavy atom. The number of halogens is 7. The lowest BCUT2D eigenvalue weighted by Gasteiger charge is -2.31. The first-order valence-electron chi connectivity index (χ1n) is 4.81. The first-order valence-corrected chi connectivity index (χ1v) is 4.81. The summed E-state index contributed by atoms with van der Waals surface area (Å²) in [6.07, 6.45) is -12.1. The van der Waals surface area contributed by atoms with E-state index in [4.69, 9.17) is 0 Å². The fraction of sp³-hybridized carbons (Fsp3) is 0.455. The third-order valence-corrected chi connectivity index (χ3v) is 2.55. The molecule has 0 aromatic heterocycles. The number of hydrogen-bond donors (Lipinski definition) is 0. The average Bonchev–Trinajstić information content (AvgIpc) is 2.17. The van der Waals surface area contributed by atoms with Crippen molar-refractivity contribution in [1.29, 1.82) is 0 Å². The molecule has 0 fully saturated rings. The summed E-state index contributed by atoms with van der Waals surface area (Å²) < 4.78 is 88.7. The standard InChI is InChI=1S/C11H9F7/c1-6-3-4-7(2)8(5-6)9(12,10(13,14)15)11(16,17)18/h3-5H,1-2H3. The Labute approximate surface area is 98.4 Å². The minimum atomic E-state index is -6.07. The van der Waals surface area contributed by atoms with Gasteiger partial charge in [-0.15, -0.1) is 0 Å². The second-order valence-corrected chi connectivity index (χ2v) is 3.97. The highest BCUT2D eigenvalue weighted by Gasteiger charge is 2.73. The predicted molar refractivity (Wildman–Crippen MR) is 50.8 cm³/mol. The van der Waals surface area contributed by atoms with Gasteiger partial charge in [0.15, 0.2) is 0 Å². The van der Waals surface area contributed by atoms with E-state index in [0.29, 0.717) is 6.07 Å². The predicted octanol–water partition coefficient (Wildman–Crippen LogP) is 4.59. The summed E-state index contributed by atoms with van der Waals surface area (Å²) >= 11 is 0. The van der Waals surface area contributed by atoms with Crippen molar-refractivity contribution in [2.75, 3.05) is 0 Å². The van der Waals surface area contributed by atoms with Gasteiger partial charge in [-0.3, -0.25) is 0 Å². The second-order valence-electron chi connectivity index (χ2n) is 3.97. The van der Waals surface area contributed by atoms with Crippen molar-refractivity contribution in [3.05, 3.63) is 34.9 Å². The van der Waals surface area contributed by atoms with Gasteiger partial charge in [0.1, 0.15) is 0 Å². The molecule has 102 valence electrons. The normalized spacial score (nSPS) is 13.8. The van der Waals surface area contributed by atoms with Crippen molar-refractivity contribution in [3.63, 3.8) is 0 Å². The lowest BCUT2D eigenvalue weighted by molar-refractivity contribution is -0.348. The maximum absolute atomic E-state index is 13.7. The maximum atomic E-state index is 13.7. The molecule has 0 N–H and O–H groups in total. The zero-order valence-electron chi connectivity index (χ0n) is 9.38. The molecule has 0 amide bonds. The molecule has 0 saturated heterocycles. The van der Waals surface area contributed by atoms with Crippen LogP contribution in [0.2, 0.25) is 0 Å². The lowest BCUT2D eigenvalue weighted by atomic mass is 9.89. The summed E-state index contributed by atoms with van der Waals surface area (Å²) in [5.74, 6) is 0. The molecule has 0 saturated carbocycles. The Morgan fingerprint density at radius 2 is 1.22 bits per heavy atom. The van der Waals surface area contributed by atoms with Gasteiger partial charge < -0.3 is 0 Å². The van der Waals surface area contributed by atoms with Crippen LogP contribution in [0.4, 0.5) is 30.7 Å². The Morgan fingerprint density at radius 3 is 1.61 bits per heavy atom. The van der Waals surface area contributed by atoms with E-state index >= 15 is 0 Å². The summed E-state index contributed by atoms with van der Waals surface area (Å²) in [6, 6.07) is 2.90. The van der Waals surface area contributed by atoms with Crippen LogP contribution in [0.25, 0.3) is 0 Å². The molecule has 0 aliphatic rings. The van der Waals surface area contributed by atoms with Gasteiger partial charge in [-0.2, -0.15) is 26.3 Å². The van der Waals surface area contributed by atoms with Crippen LogP contribution in [-0.2, 0) is 5.67 Å². The fourth-order valence-electron chi connectivity index (χ4n) is 1.57. The zero-order valence-corrected chi connectivity index (χ0v) is 9.38. The molecule has 0 spiro atoms. The number of rotatable bonds is 1. The van der Waals surface area contributed by atoms with Crippen LogP contribution >= 0.6 is 0 Å². The van der Waals surface area contributed by atoms with E-state index in [1.165, 1.54) is 13.0 Å². The van der Waals surface area contributed by atoms with Crippen LogP contribution in [0.15, 0.2) is 18.2 Å². The van der Waals surface area contributed by atoms with Crippen LogP contribution in [0.3, 0.4) is 0 Å². The highest BCUT2D eigenvalue weighted by atomic mass is 19.4. The summed E-state index contributed by atoms with van der Waals surface area (Å²) in [4.78, 5) is 0. The number of hydrogen-bond acceptors (Lipinski definition) is 0. The third-order valence-electron chi connectivity index (χ3n) is 2.55. The van der Waals surface area contributed by atoms with E-state index in [1.54, 1.807) is 0 Å². The third kappa shape index (κ3) is 2.18. The minimum absolute atomic E-state index is 0.117. The van der Waals surface area contributed by atoms with Crippen molar-refractivity contribution in [3.8, 4) is 0 Å². The maximum Gasteiger partial charge on any atom is 0.435 e. The number of alkyl halides is 7. The molecule has 1 aromatic carbocycles. The van der Waals surface area contributed by atoms with Gasteiger partial charge in [0.25, 0.3) is 0 Å². The quantitative estimate of drug-likeness (QED) is 0.657. The molecule has 0 nitrogen and oxygen atoms in total. The Hall–Kier alpha value is -1.27. The Bertz CT molecular complexity index is 428. The molecule has 1 aromatic rings. The smallest absolute Gasteiger partial charge is 0.218 e. The molecule has 0 aliphatic carbocycles. The van der Waals surface area contributed by atoms with Crippen LogP contribution in [0.1, 0.15) is 16.7 Å². The highest BCUT2D eigenvalue weighted by Crippen LogP contribution is 2.53. The van der Waals surface area contributed by atoms with Gasteiger partial charge in [-0.25, -0.2) is 4.39 Å². The van der Waals surface area contributed by atoms with E-state index in [-0.39, 0.29) is 5.56 Å². The average molecular weight is 274 g/mol. The Kier molecular flexibility index (Phi) is 3.40. The molecule has 0 atom stereocenters. The van der Waals surface area contributed by atoms with E-state index in [0.717, 1.165) is 13.0 Å². The summed E-state index contributed by atoms with van der Waals surface area (Å²) in [6.45, 7) is 2.29. The molecule has 0 bridgehead atoms. The topological polar surface area (TPSA) is 0 Å². The molecular weight excluding hydrogens is 265 g/mol. The Balaban J connectivity index is 3.61. The zero-order chi connectivity index (χ0) is 14.4. The molecule has 18 heavy (non-hydrogen) atoms. The van der Waals surface area contributed by atoms with Gasteiger partial charge >= 0.3 is 18.0 Å². The summed E-state index contributed by atoms with van der Waals surface area (Å²) in [5, 5.41) is 0. The summed E-state index contributed by atoms with van der Waals surface area (Å²) in [5.41, 5.74) is -7.05. The fourth-order valence-corrected chi connectivity index (χ4v) is 1.57. The molecule has 0 unspecified atom stereocenters. The van der Waals surface area contributed by atoms with Crippen LogP contribution in [0, 0.1) is 13.8 Å². The van der Waals surface area contributed by atoms with Gasteiger partial charge in [0.2, 0.25) is 0 Å². The van der Waals surface area contributed by atoms with Crippen LogP contribution in [0.5, 0.6) is 0 Å². The van der Waals surface area contributed by atoms with Crippen molar-refractivity contribution in [2.45, 2.75) is 31.9 Å².